The van der Waals surface area contributed by atoms with Crippen molar-refractivity contribution in [2.24, 2.45) is 5.41 Å². The van der Waals surface area contributed by atoms with Gasteiger partial charge in [0.15, 0.2) is 0 Å². The highest BCUT2D eigenvalue weighted by Crippen LogP contribution is 2.24. The number of carboxylic acid groups (broad SMARTS) is 1. The summed E-state index contributed by atoms with van der Waals surface area (Å²) in [6, 6.07) is 0. The number of halogens is 2. The standard InChI is InChI=1S/C13H24F2O2/c1-12(2,3)9-7-5-4-6-8-10-13(14,15)11(16)17/h4-10H2,1-3H3,(H,16,17)/p-1. The van der Waals surface area contributed by atoms with Crippen LogP contribution in [-0.2, 0) is 4.79 Å². The minimum atomic E-state index is -3.66. The zero-order chi connectivity index (χ0) is 13.5. The lowest BCUT2D eigenvalue weighted by Gasteiger charge is -2.18. The first-order valence-electron chi connectivity index (χ1n) is 6.24. The number of aliphatic carboxylic acids is 1. The number of rotatable bonds is 8. The van der Waals surface area contributed by atoms with Gasteiger partial charge >= 0.3 is 0 Å². The third-order valence-electron chi connectivity index (χ3n) is 2.72. The SMILES string of the molecule is CC(C)(C)CCCCCCCC(F)(F)C(=O)[O-]. The highest BCUT2D eigenvalue weighted by atomic mass is 19.3. The maximum atomic E-state index is 12.6. The minimum absolute atomic E-state index is 0.247. The van der Waals surface area contributed by atoms with E-state index in [1.807, 2.05) is 0 Å². The van der Waals surface area contributed by atoms with Crippen LogP contribution >= 0.6 is 0 Å². The maximum absolute atomic E-state index is 12.6. The molecule has 0 radical (unpaired) electrons. The molecule has 0 spiro atoms. The first-order chi connectivity index (χ1) is 7.65. The molecule has 0 saturated carbocycles. The molecular weight excluding hydrogens is 226 g/mol. The predicted octanol–water partition coefficient (Wildman–Crippen LogP) is 3.15. The Labute approximate surface area is 102 Å². The van der Waals surface area contributed by atoms with E-state index < -0.39 is 18.3 Å². The average molecular weight is 249 g/mol. The summed E-state index contributed by atoms with van der Waals surface area (Å²) in [5.74, 6) is -5.92. The first-order valence-corrected chi connectivity index (χ1v) is 6.24. The van der Waals surface area contributed by atoms with Crippen molar-refractivity contribution in [3.63, 3.8) is 0 Å². The number of carbonyl (C=O) groups excluding carboxylic acids is 1. The van der Waals surface area contributed by atoms with Gasteiger partial charge in [0, 0.05) is 6.42 Å². The molecule has 0 saturated heterocycles. The summed E-state index contributed by atoms with van der Waals surface area (Å²) in [7, 11) is 0. The van der Waals surface area contributed by atoms with E-state index in [-0.39, 0.29) is 6.42 Å². The quantitative estimate of drug-likeness (QED) is 0.620. The van der Waals surface area contributed by atoms with Crippen LogP contribution in [0.25, 0.3) is 0 Å². The largest absolute Gasteiger partial charge is 0.544 e. The molecule has 0 amide bonds. The maximum Gasteiger partial charge on any atom is 0.287 e. The molecular formula is C13H23F2O2-. The van der Waals surface area contributed by atoms with Crippen molar-refractivity contribution in [1.82, 2.24) is 0 Å². The third-order valence-corrected chi connectivity index (χ3v) is 2.72. The Hall–Kier alpha value is -0.670. The molecule has 0 N–H and O–H groups in total. The summed E-state index contributed by atoms with van der Waals surface area (Å²) in [6.45, 7) is 6.52. The first kappa shape index (κ1) is 16.3. The summed E-state index contributed by atoms with van der Waals surface area (Å²) >= 11 is 0. The monoisotopic (exact) mass is 249 g/mol. The number of alkyl halides is 2. The Morgan fingerprint density at radius 3 is 1.76 bits per heavy atom. The van der Waals surface area contributed by atoms with Gasteiger partial charge in [-0.2, -0.15) is 0 Å². The Balaban J connectivity index is 3.45. The molecule has 0 aromatic heterocycles. The van der Waals surface area contributed by atoms with Gasteiger partial charge in [-0.15, -0.1) is 0 Å². The Bertz CT molecular complexity index is 232. The number of carbonyl (C=O) groups is 1. The van der Waals surface area contributed by atoms with Gasteiger partial charge in [0.1, 0.15) is 5.97 Å². The van der Waals surface area contributed by atoms with Crippen LogP contribution in [0.4, 0.5) is 8.78 Å². The van der Waals surface area contributed by atoms with E-state index in [0.717, 1.165) is 25.7 Å². The molecule has 0 rings (SSSR count). The third kappa shape index (κ3) is 9.07. The van der Waals surface area contributed by atoms with Crippen LogP contribution in [0.1, 0.15) is 65.7 Å². The van der Waals surface area contributed by atoms with Gasteiger partial charge in [-0.25, -0.2) is 8.78 Å². The molecule has 0 bridgehead atoms. The zero-order valence-electron chi connectivity index (χ0n) is 11.0. The fourth-order valence-electron chi connectivity index (χ4n) is 1.63. The Kier molecular flexibility index (Phi) is 6.65. The van der Waals surface area contributed by atoms with Gasteiger partial charge in [-0.3, -0.25) is 0 Å². The molecule has 4 heteroatoms. The smallest absolute Gasteiger partial charge is 0.287 e. The Morgan fingerprint density at radius 2 is 1.35 bits per heavy atom. The van der Waals surface area contributed by atoms with Crippen LogP contribution in [0.15, 0.2) is 0 Å². The summed E-state index contributed by atoms with van der Waals surface area (Å²) < 4.78 is 25.2. The molecule has 0 aliphatic heterocycles. The highest BCUT2D eigenvalue weighted by Gasteiger charge is 2.29. The molecule has 102 valence electrons. The van der Waals surface area contributed by atoms with Gasteiger partial charge in [0.25, 0.3) is 5.92 Å². The molecule has 17 heavy (non-hydrogen) atoms. The van der Waals surface area contributed by atoms with Crippen LogP contribution in [0.3, 0.4) is 0 Å². The van der Waals surface area contributed by atoms with E-state index in [1.165, 1.54) is 0 Å². The van der Waals surface area contributed by atoms with Crippen LogP contribution in [-0.4, -0.2) is 11.9 Å². The normalized spacial score (nSPS) is 12.8. The summed E-state index contributed by atoms with van der Waals surface area (Å²) in [5, 5.41) is 10.0. The molecule has 0 aromatic carbocycles. The highest BCUT2D eigenvalue weighted by molar-refractivity contribution is 5.72. The molecule has 0 aromatic rings. The van der Waals surface area contributed by atoms with Gasteiger partial charge in [-0.1, -0.05) is 46.5 Å². The van der Waals surface area contributed by atoms with Gasteiger partial charge < -0.3 is 9.90 Å². The van der Waals surface area contributed by atoms with Gasteiger partial charge in [0.2, 0.25) is 0 Å². The molecule has 0 fully saturated rings. The predicted molar refractivity (Wildman–Crippen MR) is 61.7 cm³/mol. The van der Waals surface area contributed by atoms with E-state index in [9.17, 15) is 18.7 Å². The lowest BCUT2D eigenvalue weighted by molar-refractivity contribution is -0.330. The van der Waals surface area contributed by atoms with Crippen molar-refractivity contribution in [3.8, 4) is 0 Å². The van der Waals surface area contributed by atoms with Crippen LogP contribution < -0.4 is 5.11 Å². The second-order valence-electron chi connectivity index (χ2n) is 5.82. The van der Waals surface area contributed by atoms with Crippen LogP contribution in [0.2, 0.25) is 0 Å². The summed E-state index contributed by atoms with van der Waals surface area (Å²) in [6.07, 6.45) is 4.44. The molecule has 0 aliphatic rings. The zero-order valence-corrected chi connectivity index (χ0v) is 11.0. The molecule has 2 nitrogen and oxygen atoms in total. The van der Waals surface area contributed by atoms with E-state index in [2.05, 4.69) is 20.8 Å². The summed E-state index contributed by atoms with van der Waals surface area (Å²) in [4.78, 5) is 10.0. The fourth-order valence-corrected chi connectivity index (χ4v) is 1.63. The van der Waals surface area contributed by atoms with Gasteiger partial charge in [0.05, 0.1) is 0 Å². The molecule has 0 atom stereocenters. The van der Waals surface area contributed by atoms with E-state index >= 15 is 0 Å². The summed E-state index contributed by atoms with van der Waals surface area (Å²) in [5.41, 5.74) is 0.321. The van der Waals surface area contributed by atoms with Crippen molar-refractivity contribution in [2.75, 3.05) is 0 Å². The second-order valence-corrected chi connectivity index (χ2v) is 5.82. The van der Waals surface area contributed by atoms with Crippen molar-refractivity contribution >= 4 is 5.97 Å². The number of carboxylic acids is 1. The van der Waals surface area contributed by atoms with Crippen LogP contribution in [0.5, 0.6) is 0 Å². The van der Waals surface area contributed by atoms with Crippen molar-refractivity contribution in [2.45, 2.75) is 71.6 Å². The molecule has 0 heterocycles. The number of hydrogen-bond donors (Lipinski definition) is 0. The Morgan fingerprint density at radius 1 is 0.941 bits per heavy atom. The second kappa shape index (κ2) is 6.92. The topological polar surface area (TPSA) is 40.1 Å². The van der Waals surface area contributed by atoms with Gasteiger partial charge in [-0.05, 0) is 18.3 Å². The van der Waals surface area contributed by atoms with Crippen molar-refractivity contribution in [1.29, 1.82) is 0 Å². The van der Waals surface area contributed by atoms with E-state index in [1.54, 1.807) is 0 Å². The number of hydrogen-bond acceptors (Lipinski definition) is 2. The lowest BCUT2D eigenvalue weighted by Crippen LogP contribution is -2.41. The van der Waals surface area contributed by atoms with Crippen molar-refractivity contribution in [3.05, 3.63) is 0 Å². The number of unbranched alkanes of at least 4 members (excludes halogenated alkanes) is 4. The van der Waals surface area contributed by atoms with E-state index in [4.69, 9.17) is 0 Å². The molecule has 0 aliphatic carbocycles. The minimum Gasteiger partial charge on any atom is -0.544 e. The molecule has 0 unspecified atom stereocenters. The van der Waals surface area contributed by atoms with Crippen LogP contribution in [0, 0.1) is 5.41 Å². The fraction of sp³-hybridized carbons (Fsp3) is 0.923. The lowest BCUT2D eigenvalue weighted by atomic mass is 9.89. The van der Waals surface area contributed by atoms with E-state index in [0.29, 0.717) is 11.8 Å². The average Bonchev–Trinajstić information content (AvgIpc) is 2.14. The van der Waals surface area contributed by atoms with Crippen molar-refractivity contribution < 1.29 is 18.7 Å².